The third kappa shape index (κ3) is 2.74. The predicted molar refractivity (Wildman–Crippen MR) is 74.4 cm³/mol. The second-order valence-electron chi connectivity index (χ2n) is 5.86. The maximum absolute atomic E-state index is 10.5. The third-order valence-electron chi connectivity index (χ3n) is 4.56. The van der Waals surface area contributed by atoms with Crippen molar-refractivity contribution in [1.29, 1.82) is 0 Å². The summed E-state index contributed by atoms with van der Waals surface area (Å²) in [7, 11) is 0. The molecular formula is C15H24OS. The van der Waals surface area contributed by atoms with Crippen molar-refractivity contribution >= 4 is 11.3 Å². The number of aryl methyl sites for hydroxylation is 2. The Balaban J connectivity index is 2.07. The summed E-state index contributed by atoms with van der Waals surface area (Å²) in [5.74, 6) is 2.05. The standard InChI is InChI=1S/C15H24OS/c1-9-5-6-13(7-10(9)2)15(16)14-8-11(3)12(4)17-14/h8-10,13,15-16H,5-7H2,1-4H3. The molecule has 0 amide bonds. The van der Waals surface area contributed by atoms with Crippen molar-refractivity contribution in [2.75, 3.05) is 0 Å². The minimum Gasteiger partial charge on any atom is -0.387 e. The normalized spacial score (nSPS) is 31.5. The highest BCUT2D eigenvalue weighted by Crippen LogP contribution is 2.41. The van der Waals surface area contributed by atoms with Gasteiger partial charge in [0.05, 0.1) is 6.10 Å². The molecule has 1 aliphatic carbocycles. The highest BCUT2D eigenvalue weighted by atomic mass is 32.1. The van der Waals surface area contributed by atoms with Crippen LogP contribution in [0.4, 0.5) is 0 Å². The third-order valence-corrected chi connectivity index (χ3v) is 5.79. The van der Waals surface area contributed by atoms with Crippen molar-refractivity contribution in [2.24, 2.45) is 17.8 Å². The Hall–Kier alpha value is -0.340. The van der Waals surface area contributed by atoms with Crippen LogP contribution >= 0.6 is 11.3 Å². The molecule has 1 aromatic heterocycles. The molecule has 0 radical (unpaired) electrons. The van der Waals surface area contributed by atoms with E-state index in [1.165, 1.54) is 34.6 Å². The van der Waals surface area contributed by atoms with Crippen molar-refractivity contribution in [1.82, 2.24) is 0 Å². The molecule has 2 rings (SSSR count). The number of aliphatic hydroxyl groups excluding tert-OH is 1. The number of hydrogen-bond donors (Lipinski definition) is 1. The van der Waals surface area contributed by atoms with Crippen LogP contribution < -0.4 is 0 Å². The molecule has 17 heavy (non-hydrogen) atoms. The minimum atomic E-state index is -0.234. The maximum atomic E-state index is 10.5. The van der Waals surface area contributed by atoms with Crippen LogP contribution in [0.3, 0.4) is 0 Å². The lowest BCUT2D eigenvalue weighted by Crippen LogP contribution is -2.24. The summed E-state index contributed by atoms with van der Waals surface area (Å²) in [5, 5.41) is 10.5. The molecule has 1 aliphatic rings. The molecule has 1 heterocycles. The molecule has 0 saturated heterocycles. The van der Waals surface area contributed by atoms with E-state index in [9.17, 15) is 5.11 Å². The molecule has 1 nitrogen and oxygen atoms in total. The van der Waals surface area contributed by atoms with E-state index >= 15 is 0 Å². The molecule has 1 N–H and O–H groups in total. The van der Waals surface area contributed by atoms with Gasteiger partial charge in [0.25, 0.3) is 0 Å². The Bertz CT molecular complexity index is 363. The van der Waals surface area contributed by atoms with Crippen molar-refractivity contribution < 1.29 is 5.11 Å². The number of aliphatic hydroxyl groups is 1. The molecule has 2 heteroatoms. The van der Waals surface area contributed by atoms with Gasteiger partial charge in [0.15, 0.2) is 0 Å². The quantitative estimate of drug-likeness (QED) is 0.823. The van der Waals surface area contributed by atoms with E-state index in [1.54, 1.807) is 11.3 Å². The van der Waals surface area contributed by atoms with Gasteiger partial charge in [-0.2, -0.15) is 0 Å². The summed E-state index contributed by atoms with van der Waals surface area (Å²) in [5.41, 5.74) is 1.32. The summed E-state index contributed by atoms with van der Waals surface area (Å²) in [6, 6.07) is 2.17. The molecule has 4 atom stereocenters. The van der Waals surface area contributed by atoms with Gasteiger partial charge < -0.3 is 5.11 Å². The van der Waals surface area contributed by atoms with Gasteiger partial charge in [0.1, 0.15) is 0 Å². The first-order valence-corrected chi connectivity index (χ1v) is 7.55. The van der Waals surface area contributed by atoms with Crippen molar-refractivity contribution in [3.05, 3.63) is 21.4 Å². The first kappa shape index (κ1) is 13.1. The lowest BCUT2D eigenvalue weighted by atomic mass is 9.73. The summed E-state index contributed by atoms with van der Waals surface area (Å²) < 4.78 is 0. The van der Waals surface area contributed by atoms with Gasteiger partial charge in [-0.05, 0) is 56.1 Å². The molecular weight excluding hydrogens is 228 g/mol. The van der Waals surface area contributed by atoms with E-state index in [-0.39, 0.29) is 6.10 Å². The largest absolute Gasteiger partial charge is 0.387 e. The zero-order valence-electron chi connectivity index (χ0n) is 11.4. The average molecular weight is 252 g/mol. The summed E-state index contributed by atoms with van der Waals surface area (Å²) >= 11 is 1.77. The molecule has 1 aromatic rings. The molecule has 4 unspecified atom stereocenters. The highest BCUT2D eigenvalue weighted by Gasteiger charge is 2.30. The van der Waals surface area contributed by atoms with E-state index < -0.39 is 0 Å². The Morgan fingerprint density at radius 3 is 2.47 bits per heavy atom. The Kier molecular flexibility index (Phi) is 3.94. The molecule has 1 fully saturated rings. The SMILES string of the molecule is Cc1cc(C(O)C2CCC(C)C(C)C2)sc1C. The van der Waals surface area contributed by atoms with Crippen LogP contribution in [0.5, 0.6) is 0 Å². The van der Waals surface area contributed by atoms with Crippen LogP contribution in [-0.4, -0.2) is 5.11 Å². The fraction of sp³-hybridized carbons (Fsp3) is 0.733. The van der Waals surface area contributed by atoms with E-state index in [2.05, 4.69) is 33.8 Å². The molecule has 96 valence electrons. The van der Waals surface area contributed by atoms with Gasteiger partial charge in [-0.3, -0.25) is 0 Å². The Morgan fingerprint density at radius 2 is 1.94 bits per heavy atom. The van der Waals surface area contributed by atoms with Crippen LogP contribution in [0.1, 0.15) is 54.5 Å². The first-order valence-electron chi connectivity index (χ1n) is 6.74. The second kappa shape index (κ2) is 5.11. The Labute approximate surface area is 109 Å². The van der Waals surface area contributed by atoms with E-state index in [1.807, 2.05) is 0 Å². The van der Waals surface area contributed by atoms with Crippen molar-refractivity contribution in [3.63, 3.8) is 0 Å². The highest BCUT2D eigenvalue weighted by molar-refractivity contribution is 7.12. The van der Waals surface area contributed by atoms with Crippen molar-refractivity contribution in [3.8, 4) is 0 Å². The zero-order valence-corrected chi connectivity index (χ0v) is 12.2. The van der Waals surface area contributed by atoms with Gasteiger partial charge in [-0.15, -0.1) is 11.3 Å². The van der Waals surface area contributed by atoms with Crippen molar-refractivity contribution in [2.45, 2.75) is 53.1 Å². The van der Waals surface area contributed by atoms with Crippen LogP contribution in [0.25, 0.3) is 0 Å². The van der Waals surface area contributed by atoms with Gasteiger partial charge >= 0.3 is 0 Å². The summed E-state index contributed by atoms with van der Waals surface area (Å²) in [6.07, 6.45) is 3.40. The van der Waals surface area contributed by atoms with Gasteiger partial charge in [-0.25, -0.2) is 0 Å². The van der Waals surface area contributed by atoms with Gasteiger partial charge in [0.2, 0.25) is 0 Å². The summed E-state index contributed by atoms with van der Waals surface area (Å²) in [6.45, 7) is 8.94. The van der Waals surface area contributed by atoms with Gasteiger partial charge in [0, 0.05) is 9.75 Å². The monoisotopic (exact) mass is 252 g/mol. The molecule has 0 bridgehead atoms. The first-order chi connectivity index (χ1) is 7.99. The lowest BCUT2D eigenvalue weighted by Gasteiger charge is -2.34. The average Bonchev–Trinajstić information content (AvgIpc) is 2.62. The van der Waals surface area contributed by atoms with Crippen LogP contribution in [-0.2, 0) is 0 Å². The number of rotatable bonds is 2. The lowest BCUT2D eigenvalue weighted by molar-refractivity contribution is 0.0585. The fourth-order valence-corrected chi connectivity index (χ4v) is 3.98. The predicted octanol–water partition coefficient (Wildman–Crippen LogP) is 4.47. The second-order valence-corrected chi connectivity index (χ2v) is 7.15. The molecule has 0 aromatic carbocycles. The number of hydrogen-bond acceptors (Lipinski definition) is 2. The van der Waals surface area contributed by atoms with E-state index in [0.29, 0.717) is 5.92 Å². The van der Waals surface area contributed by atoms with Crippen LogP contribution in [0.15, 0.2) is 6.07 Å². The smallest absolute Gasteiger partial charge is 0.0910 e. The summed E-state index contributed by atoms with van der Waals surface area (Å²) in [4.78, 5) is 2.52. The number of thiophene rings is 1. The molecule has 0 spiro atoms. The van der Waals surface area contributed by atoms with Crippen LogP contribution in [0.2, 0.25) is 0 Å². The zero-order chi connectivity index (χ0) is 12.6. The van der Waals surface area contributed by atoms with E-state index in [0.717, 1.165) is 11.8 Å². The molecule has 0 aliphatic heterocycles. The fourth-order valence-electron chi connectivity index (χ4n) is 2.86. The van der Waals surface area contributed by atoms with E-state index in [4.69, 9.17) is 0 Å². The van der Waals surface area contributed by atoms with Gasteiger partial charge in [-0.1, -0.05) is 20.3 Å². The molecule has 1 saturated carbocycles. The topological polar surface area (TPSA) is 20.2 Å². The van der Waals surface area contributed by atoms with Crippen LogP contribution in [0, 0.1) is 31.6 Å². The Morgan fingerprint density at radius 1 is 1.24 bits per heavy atom. The minimum absolute atomic E-state index is 0.234. The maximum Gasteiger partial charge on any atom is 0.0910 e.